The number of pyridine rings is 1. The van der Waals surface area contributed by atoms with E-state index in [0.29, 0.717) is 24.0 Å². The number of nitrogens with zero attached hydrogens (tertiary/aromatic N) is 1. The number of hydrogen-bond donors (Lipinski definition) is 1. The summed E-state index contributed by atoms with van der Waals surface area (Å²) in [5.74, 6) is -0.476. The Labute approximate surface area is 186 Å². The largest absolute Gasteiger partial charge is 0.505 e. The Balaban J connectivity index is 2.10. The molecule has 31 heavy (non-hydrogen) atoms. The standard InChI is InChI=1S/C26H37NO4/c1-3-4-5-6-7-8-9-10-11-12-13-14-15-16-17-18-25(29)31-21-23-19-27-22(2)26(30)24(23)20-28/h7-8,10-11,13-14,19-20,30H,3-6,9,12,15-18,21H2,1-2H3. The maximum absolute atomic E-state index is 11.9. The van der Waals surface area contributed by atoms with Crippen molar-refractivity contribution in [2.45, 2.75) is 84.7 Å². The normalized spacial score (nSPS) is 11.7. The quantitative estimate of drug-likeness (QED) is 0.140. The Kier molecular flexibility index (Phi) is 14.5. The maximum Gasteiger partial charge on any atom is 0.306 e. The monoisotopic (exact) mass is 427 g/mol. The van der Waals surface area contributed by atoms with E-state index in [2.05, 4.69) is 48.4 Å². The Morgan fingerprint density at radius 2 is 1.61 bits per heavy atom. The molecule has 5 heteroatoms. The first-order valence-corrected chi connectivity index (χ1v) is 11.3. The first-order chi connectivity index (χ1) is 15.1. The summed E-state index contributed by atoms with van der Waals surface area (Å²) in [4.78, 5) is 27.0. The maximum atomic E-state index is 11.9. The van der Waals surface area contributed by atoms with Gasteiger partial charge in [-0.1, -0.05) is 56.2 Å². The molecule has 1 aromatic rings. The fraction of sp³-hybridized carbons (Fsp3) is 0.500. The van der Waals surface area contributed by atoms with Crippen molar-refractivity contribution in [3.8, 4) is 5.75 Å². The zero-order chi connectivity index (χ0) is 22.7. The molecule has 0 aliphatic heterocycles. The van der Waals surface area contributed by atoms with E-state index in [0.717, 1.165) is 32.1 Å². The van der Waals surface area contributed by atoms with E-state index in [1.807, 2.05) is 0 Å². The van der Waals surface area contributed by atoms with Gasteiger partial charge in [-0.2, -0.15) is 0 Å². The van der Waals surface area contributed by atoms with E-state index in [1.165, 1.54) is 31.9 Å². The van der Waals surface area contributed by atoms with Crippen LogP contribution in [0.25, 0.3) is 0 Å². The van der Waals surface area contributed by atoms with Crippen molar-refractivity contribution in [2.24, 2.45) is 0 Å². The Morgan fingerprint density at radius 3 is 2.23 bits per heavy atom. The molecule has 0 saturated carbocycles. The zero-order valence-electron chi connectivity index (χ0n) is 19.0. The van der Waals surface area contributed by atoms with Crippen LogP contribution in [0.15, 0.2) is 42.7 Å². The van der Waals surface area contributed by atoms with Gasteiger partial charge in [-0.25, -0.2) is 0 Å². The van der Waals surface area contributed by atoms with Crippen LogP contribution in [0.3, 0.4) is 0 Å². The molecule has 5 nitrogen and oxygen atoms in total. The average Bonchev–Trinajstić information content (AvgIpc) is 2.77. The molecule has 1 heterocycles. The Morgan fingerprint density at radius 1 is 1.00 bits per heavy atom. The van der Waals surface area contributed by atoms with Crippen molar-refractivity contribution in [3.05, 3.63) is 59.5 Å². The molecule has 0 radical (unpaired) electrons. The van der Waals surface area contributed by atoms with E-state index in [9.17, 15) is 14.7 Å². The van der Waals surface area contributed by atoms with Crippen LogP contribution in [-0.2, 0) is 16.1 Å². The second-order valence-electron chi connectivity index (χ2n) is 7.54. The number of aromatic hydroxyl groups is 1. The van der Waals surface area contributed by atoms with Crippen molar-refractivity contribution >= 4 is 12.3 Å². The summed E-state index contributed by atoms with van der Waals surface area (Å²) in [5.41, 5.74) is 0.910. The number of ether oxygens (including phenoxy) is 1. The number of rotatable bonds is 16. The Bertz CT molecular complexity index is 750. The van der Waals surface area contributed by atoms with Gasteiger partial charge in [-0.3, -0.25) is 14.6 Å². The second-order valence-corrected chi connectivity index (χ2v) is 7.54. The summed E-state index contributed by atoms with van der Waals surface area (Å²) in [7, 11) is 0. The lowest BCUT2D eigenvalue weighted by atomic mass is 10.1. The molecule has 0 aliphatic carbocycles. The number of aldehydes is 1. The van der Waals surface area contributed by atoms with E-state index in [-0.39, 0.29) is 23.9 Å². The van der Waals surface area contributed by atoms with Crippen LogP contribution in [0.4, 0.5) is 0 Å². The van der Waals surface area contributed by atoms with Gasteiger partial charge >= 0.3 is 5.97 Å². The smallest absolute Gasteiger partial charge is 0.306 e. The van der Waals surface area contributed by atoms with Crippen molar-refractivity contribution in [2.75, 3.05) is 0 Å². The van der Waals surface area contributed by atoms with Crippen LogP contribution < -0.4 is 0 Å². The number of carbonyl (C=O) groups is 2. The highest BCUT2D eigenvalue weighted by Crippen LogP contribution is 2.22. The van der Waals surface area contributed by atoms with Gasteiger partial charge in [0.2, 0.25) is 0 Å². The van der Waals surface area contributed by atoms with Gasteiger partial charge in [0.05, 0.1) is 11.3 Å². The number of aromatic nitrogens is 1. The summed E-state index contributed by atoms with van der Waals surface area (Å²) in [6, 6.07) is 0. The lowest BCUT2D eigenvalue weighted by molar-refractivity contribution is -0.145. The number of esters is 1. The van der Waals surface area contributed by atoms with Crippen molar-refractivity contribution in [1.82, 2.24) is 4.98 Å². The molecule has 1 N–H and O–H groups in total. The lowest BCUT2D eigenvalue weighted by Crippen LogP contribution is -2.07. The predicted molar refractivity (Wildman–Crippen MR) is 125 cm³/mol. The van der Waals surface area contributed by atoms with Gasteiger partial charge < -0.3 is 9.84 Å². The van der Waals surface area contributed by atoms with Crippen molar-refractivity contribution < 1.29 is 19.4 Å². The molecule has 0 atom stereocenters. The minimum atomic E-state index is -0.313. The minimum Gasteiger partial charge on any atom is -0.505 e. The molecule has 0 unspecified atom stereocenters. The van der Waals surface area contributed by atoms with E-state index < -0.39 is 0 Å². The van der Waals surface area contributed by atoms with Crippen LogP contribution in [0.5, 0.6) is 5.75 Å². The second kappa shape index (κ2) is 17.0. The van der Waals surface area contributed by atoms with Crippen molar-refractivity contribution in [3.63, 3.8) is 0 Å². The highest BCUT2D eigenvalue weighted by atomic mass is 16.5. The predicted octanol–water partition coefficient (Wildman–Crippen LogP) is 6.54. The van der Waals surface area contributed by atoms with Gasteiger partial charge in [-0.15, -0.1) is 0 Å². The third-order valence-electron chi connectivity index (χ3n) is 4.88. The number of allylic oxidation sites excluding steroid dienone is 6. The summed E-state index contributed by atoms with van der Waals surface area (Å²) < 4.78 is 5.20. The lowest BCUT2D eigenvalue weighted by Gasteiger charge is -2.09. The molecule has 0 aromatic carbocycles. The summed E-state index contributed by atoms with van der Waals surface area (Å²) in [6.07, 6.45) is 25.1. The Hall–Kier alpha value is -2.69. The molecule has 0 bridgehead atoms. The van der Waals surface area contributed by atoms with Gasteiger partial charge in [0, 0.05) is 18.2 Å². The van der Waals surface area contributed by atoms with Crippen molar-refractivity contribution in [1.29, 1.82) is 0 Å². The number of unbranched alkanes of at least 4 members (excludes halogenated alkanes) is 5. The number of aryl methyl sites for hydroxylation is 1. The number of hydrogen-bond acceptors (Lipinski definition) is 5. The molecule has 0 aliphatic rings. The summed E-state index contributed by atoms with van der Waals surface area (Å²) in [5, 5.41) is 9.85. The van der Waals surface area contributed by atoms with Crippen LogP contribution in [0.1, 0.15) is 92.7 Å². The van der Waals surface area contributed by atoms with Crippen LogP contribution in [-0.4, -0.2) is 22.3 Å². The summed E-state index contributed by atoms with van der Waals surface area (Å²) >= 11 is 0. The summed E-state index contributed by atoms with van der Waals surface area (Å²) in [6.45, 7) is 3.77. The first-order valence-electron chi connectivity index (χ1n) is 11.3. The third kappa shape index (κ3) is 11.9. The molecular formula is C26H37NO4. The molecule has 0 saturated heterocycles. The molecule has 1 aromatic heterocycles. The molecule has 170 valence electrons. The van der Waals surface area contributed by atoms with Gasteiger partial charge in [0.15, 0.2) is 6.29 Å². The fourth-order valence-corrected chi connectivity index (χ4v) is 2.95. The molecule has 1 rings (SSSR count). The van der Waals surface area contributed by atoms with Crippen LogP contribution in [0.2, 0.25) is 0 Å². The van der Waals surface area contributed by atoms with E-state index in [1.54, 1.807) is 6.92 Å². The van der Waals surface area contributed by atoms with E-state index in [4.69, 9.17) is 4.74 Å². The number of carbonyl (C=O) groups excluding carboxylic acids is 2. The molecular weight excluding hydrogens is 390 g/mol. The minimum absolute atomic E-state index is 0.0616. The first kappa shape index (κ1) is 26.3. The van der Waals surface area contributed by atoms with Crippen LogP contribution in [0, 0.1) is 6.92 Å². The van der Waals surface area contributed by atoms with Gasteiger partial charge in [0.25, 0.3) is 0 Å². The van der Waals surface area contributed by atoms with Crippen LogP contribution >= 0.6 is 0 Å². The molecule has 0 fully saturated rings. The highest BCUT2D eigenvalue weighted by molar-refractivity contribution is 5.81. The van der Waals surface area contributed by atoms with Gasteiger partial charge in [-0.05, 0) is 51.9 Å². The zero-order valence-corrected chi connectivity index (χ0v) is 19.0. The van der Waals surface area contributed by atoms with E-state index >= 15 is 0 Å². The highest BCUT2D eigenvalue weighted by Gasteiger charge is 2.12. The molecule has 0 spiro atoms. The SMILES string of the molecule is CCCCCC=CCC=CCC=CCCCCC(=O)OCc1cnc(C)c(O)c1C=O. The topological polar surface area (TPSA) is 76.5 Å². The average molecular weight is 428 g/mol. The van der Waals surface area contributed by atoms with Gasteiger partial charge in [0.1, 0.15) is 12.4 Å². The fourth-order valence-electron chi connectivity index (χ4n) is 2.95. The third-order valence-corrected chi connectivity index (χ3v) is 4.88. The molecule has 0 amide bonds.